The molecule has 0 aliphatic heterocycles. The number of methoxy groups -OCH3 is 1. The monoisotopic (exact) mass is 228 g/mol. The lowest BCUT2D eigenvalue weighted by molar-refractivity contribution is 0.417. The highest BCUT2D eigenvalue weighted by Gasteiger charge is 2.11. The second-order valence-electron chi connectivity index (χ2n) is 4.06. The topological polar surface area (TPSA) is 38.0 Å². The molecule has 88 valence electrons. The van der Waals surface area contributed by atoms with Crippen LogP contribution in [0.3, 0.4) is 0 Å². The molecule has 0 N–H and O–H groups in total. The lowest BCUT2D eigenvalue weighted by Crippen LogP contribution is -1.97. The Balaban J connectivity index is 2.62. The molecule has 0 unspecified atom stereocenters. The summed E-state index contributed by atoms with van der Waals surface area (Å²) in [7, 11) is 1.66. The van der Waals surface area contributed by atoms with Crippen LogP contribution < -0.4 is 4.74 Å². The first kappa shape index (κ1) is 11.5. The molecule has 3 nitrogen and oxygen atoms in total. The minimum Gasteiger partial charge on any atom is -0.495 e. The van der Waals surface area contributed by atoms with Crippen LogP contribution in [0.15, 0.2) is 24.4 Å². The average molecular weight is 228 g/mol. The third kappa shape index (κ3) is 1.99. The van der Waals surface area contributed by atoms with E-state index in [2.05, 4.69) is 17.6 Å². The van der Waals surface area contributed by atoms with Crippen LogP contribution in [0, 0.1) is 11.3 Å². The first-order valence-electron chi connectivity index (χ1n) is 5.87. The van der Waals surface area contributed by atoms with Gasteiger partial charge in [-0.2, -0.15) is 5.26 Å². The van der Waals surface area contributed by atoms with Gasteiger partial charge in [-0.05, 0) is 12.5 Å². The van der Waals surface area contributed by atoms with Crippen LogP contribution in [0.4, 0.5) is 0 Å². The van der Waals surface area contributed by atoms with Crippen LogP contribution in [-0.4, -0.2) is 11.7 Å². The average Bonchev–Trinajstić information content (AvgIpc) is 2.74. The van der Waals surface area contributed by atoms with Gasteiger partial charge in [0.1, 0.15) is 11.8 Å². The number of aryl methyl sites for hydroxylation is 1. The van der Waals surface area contributed by atoms with E-state index in [-0.39, 0.29) is 0 Å². The molecule has 17 heavy (non-hydrogen) atoms. The van der Waals surface area contributed by atoms with Crippen LogP contribution >= 0.6 is 0 Å². The lowest BCUT2D eigenvalue weighted by atomic mass is 10.2. The predicted octanol–water partition coefficient (Wildman–Crippen LogP) is 3.32. The van der Waals surface area contributed by atoms with E-state index in [4.69, 9.17) is 10.00 Å². The maximum atomic E-state index is 9.13. The van der Waals surface area contributed by atoms with Gasteiger partial charge in [-0.1, -0.05) is 25.5 Å². The second-order valence-corrected chi connectivity index (χ2v) is 4.06. The molecular weight excluding hydrogens is 212 g/mol. The molecule has 0 spiro atoms. The number of para-hydroxylation sites is 1. The van der Waals surface area contributed by atoms with E-state index in [1.165, 1.54) is 0 Å². The number of benzene rings is 1. The zero-order valence-corrected chi connectivity index (χ0v) is 10.2. The van der Waals surface area contributed by atoms with E-state index in [0.717, 1.165) is 41.6 Å². The van der Waals surface area contributed by atoms with E-state index in [1.807, 2.05) is 24.4 Å². The Morgan fingerprint density at radius 2 is 2.24 bits per heavy atom. The molecule has 0 amide bonds. The van der Waals surface area contributed by atoms with Crippen molar-refractivity contribution in [3.05, 3.63) is 30.0 Å². The molecule has 0 atom stereocenters. The van der Waals surface area contributed by atoms with Crippen molar-refractivity contribution < 1.29 is 4.74 Å². The highest BCUT2D eigenvalue weighted by Crippen LogP contribution is 2.29. The van der Waals surface area contributed by atoms with Crippen molar-refractivity contribution in [3.63, 3.8) is 0 Å². The van der Waals surface area contributed by atoms with Gasteiger partial charge in [-0.15, -0.1) is 0 Å². The van der Waals surface area contributed by atoms with Crippen molar-refractivity contribution in [2.45, 2.75) is 26.3 Å². The van der Waals surface area contributed by atoms with Gasteiger partial charge in [-0.25, -0.2) is 0 Å². The second kappa shape index (κ2) is 4.92. The summed E-state index contributed by atoms with van der Waals surface area (Å²) in [6.07, 6.45) is 4.16. The van der Waals surface area contributed by atoms with Crippen LogP contribution in [-0.2, 0) is 6.54 Å². The van der Waals surface area contributed by atoms with Crippen LogP contribution in [0.1, 0.15) is 25.3 Å². The van der Waals surface area contributed by atoms with E-state index >= 15 is 0 Å². The zero-order valence-electron chi connectivity index (χ0n) is 10.2. The molecule has 0 bridgehead atoms. The van der Waals surface area contributed by atoms with Gasteiger partial charge in [-0.3, -0.25) is 0 Å². The normalized spacial score (nSPS) is 10.4. The summed E-state index contributed by atoms with van der Waals surface area (Å²) >= 11 is 0. The summed E-state index contributed by atoms with van der Waals surface area (Å²) in [5.41, 5.74) is 1.75. The van der Waals surface area contributed by atoms with Gasteiger partial charge in [0.15, 0.2) is 0 Å². The zero-order chi connectivity index (χ0) is 12.3. The number of nitrogens with zero attached hydrogens (tertiary/aromatic N) is 2. The SMILES string of the molecule is CCCCn1cc(C#N)c2cccc(OC)c21. The van der Waals surface area contributed by atoms with Crippen molar-refractivity contribution in [2.75, 3.05) is 7.11 Å². The summed E-state index contributed by atoms with van der Waals surface area (Å²) in [6, 6.07) is 8.07. The molecule has 2 aromatic rings. The minimum absolute atomic E-state index is 0.718. The molecule has 0 saturated carbocycles. The highest BCUT2D eigenvalue weighted by molar-refractivity contribution is 5.91. The smallest absolute Gasteiger partial charge is 0.143 e. The molecule has 1 aromatic carbocycles. The molecule has 0 radical (unpaired) electrons. The Morgan fingerprint density at radius 1 is 1.41 bits per heavy atom. The molecular formula is C14H16N2O. The Morgan fingerprint density at radius 3 is 2.88 bits per heavy atom. The fourth-order valence-electron chi connectivity index (χ4n) is 2.08. The number of rotatable bonds is 4. The Kier molecular flexibility index (Phi) is 3.34. The van der Waals surface area contributed by atoms with E-state index < -0.39 is 0 Å². The molecule has 0 aliphatic rings. The van der Waals surface area contributed by atoms with Crippen molar-refractivity contribution in [1.82, 2.24) is 4.57 Å². The van der Waals surface area contributed by atoms with Gasteiger partial charge >= 0.3 is 0 Å². The summed E-state index contributed by atoms with van der Waals surface area (Å²) in [5.74, 6) is 0.833. The van der Waals surface area contributed by atoms with E-state index in [1.54, 1.807) is 7.11 Å². The molecule has 1 heterocycles. The summed E-state index contributed by atoms with van der Waals surface area (Å²) in [6.45, 7) is 3.09. The van der Waals surface area contributed by atoms with Gasteiger partial charge in [0.2, 0.25) is 0 Å². The third-order valence-electron chi connectivity index (χ3n) is 2.95. The van der Waals surface area contributed by atoms with Gasteiger partial charge in [0, 0.05) is 18.1 Å². The number of aromatic nitrogens is 1. The minimum atomic E-state index is 0.718. The van der Waals surface area contributed by atoms with Gasteiger partial charge in [0.05, 0.1) is 18.2 Å². The molecule has 1 aromatic heterocycles. The standard InChI is InChI=1S/C14H16N2O/c1-3-4-8-16-10-11(9-15)12-6-5-7-13(17-2)14(12)16/h5-7,10H,3-4,8H2,1-2H3. The number of fused-ring (bicyclic) bond motifs is 1. The molecule has 2 rings (SSSR count). The Labute approximate surface area is 101 Å². The number of nitriles is 1. The predicted molar refractivity (Wildman–Crippen MR) is 68.1 cm³/mol. The Bertz CT molecular complexity index is 563. The van der Waals surface area contributed by atoms with Gasteiger partial charge < -0.3 is 9.30 Å². The van der Waals surface area contributed by atoms with Crippen molar-refractivity contribution in [2.24, 2.45) is 0 Å². The molecule has 3 heteroatoms. The van der Waals surface area contributed by atoms with Crippen molar-refractivity contribution in [1.29, 1.82) is 5.26 Å². The molecule has 0 fully saturated rings. The molecule has 0 saturated heterocycles. The number of ether oxygens (including phenoxy) is 1. The first-order chi connectivity index (χ1) is 8.31. The van der Waals surface area contributed by atoms with E-state index in [9.17, 15) is 0 Å². The number of hydrogen-bond donors (Lipinski definition) is 0. The largest absolute Gasteiger partial charge is 0.495 e. The summed E-state index contributed by atoms with van der Waals surface area (Å²) in [4.78, 5) is 0. The third-order valence-corrected chi connectivity index (χ3v) is 2.95. The number of hydrogen-bond acceptors (Lipinski definition) is 2. The van der Waals surface area contributed by atoms with Crippen LogP contribution in [0.5, 0.6) is 5.75 Å². The maximum Gasteiger partial charge on any atom is 0.143 e. The fraction of sp³-hybridized carbons (Fsp3) is 0.357. The van der Waals surface area contributed by atoms with Crippen molar-refractivity contribution >= 4 is 10.9 Å². The van der Waals surface area contributed by atoms with E-state index in [0.29, 0.717) is 0 Å². The van der Waals surface area contributed by atoms with Crippen molar-refractivity contribution in [3.8, 4) is 11.8 Å². The summed E-state index contributed by atoms with van der Waals surface area (Å²) in [5, 5.41) is 10.1. The quantitative estimate of drug-likeness (QED) is 0.805. The highest BCUT2D eigenvalue weighted by atomic mass is 16.5. The first-order valence-corrected chi connectivity index (χ1v) is 5.87. The number of unbranched alkanes of at least 4 members (excludes halogenated alkanes) is 1. The van der Waals surface area contributed by atoms with Crippen LogP contribution in [0.25, 0.3) is 10.9 Å². The molecule has 0 aliphatic carbocycles. The fourth-order valence-corrected chi connectivity index (χ4v) is 2.08. The van der Waals surface area contributed by atoms with Crippen LogP contribution in [0.2, 0.25) is 0 Å². The van der Waals surface area contributed by atoms with Gasteiger partial charge in [0.25, 0.3) is 0 Å². The maximum absolute atomic E-state index is 9.13. The summed E-state index contributed by atoms with van der Waals surface area (Å²) < 4.78 is 7.50. The lowest BCUT2D eigenvalue weighted by Gasteiger charge is -2.07. The Hall–Kier alpha value is -1.95.